The summed E-state index contributed by atoms with van der Waals surface area (Å²) in [5, 5.41) is 5.94. The van der Waals surface area contributed by atoms with Gasteiger partial charge >= 0.3 is 6.03 Å². The third-order valence-electron chi connectivity index (χ3n) is 3.66. The van der Waals surface area contributed by atoms with Gasteiger partial charge in [0.25, 0.3) is 0 Å². The summed E-state index contributed by atoms with van der Waals surface area (Å²) in [5.41, 5.74) is 2.80. The van der Waals surface area contributed by atoms with Gasteiger partial charge in [0.15, 0.2) is 0 Å². The summed E-state index contributed by atoms with van der Waals surface area (Å²) < 4.78 is 0.844. The van der Waals surface area contributed by atoms with Crippen LogP contribution in [0.5, 0.6) is 0 Å². The zero-order valence-electron chi connectivity index (χ0n) is 12.9. The van der Waals surface area contributed by atoms with Crippen LogP contribution in [-0.2, 0) is 0 Å². The molecule has 0 spiro atoms. The van der Waals surface area contributed by atoms with Gasteiger partial charge in [0.05, 0.1) is 11.7 Å². The van der Waals surface area contributed by atoms with E-state index in [1.807, 2.05) is 84.9 Å². The number of benzene rings is 3. The van der Waals surface area contributed by atoms with E-state index in [9.17, 15) is 4.79 Å². The molecular weight excluding hydrogens is 364 g/mol. The number of carbonyl (C=O) groups excluding carboxylic acids is 1. The van der Waals surface area contributed by atoms with E-state index in [0.29, 0.717) is 0 Å². The largest absolute Gasteiger partial charge is 0.327 e. The Morgan fingerprint density at radius 2 is 1.25 bits per heavy atom. The van der Waals surface area contributed by atoms with E-state index in [-0.39, 0.29) is 12.1 Å². The Labute approximate surface area is 149 Å². The molecule has 3 nitrogen and oxygen atoms in total. The predicted molar refractivity (Wildman–Crippen MR) is 101 cm³/mol. The summed E-state index contributed by atoms with van der Waals surface area (Å²) in [6.45, 7) is 0. The van der Waals surface area contributed by atoms with Gasteiger partial charge in [0.2, 0.25) is 0 Å². The van der Waals surface area contributed by atoms with Gasteiger partial charge in [-0.3, -0.25) is 0 Å². The highest BCUT2D eigenvalue weighted by atomic mass is 79.9. The second kappa shape index (κ2) is 7.79. The molecule has 0 aliphatic rings. The van der Waals surface area contributed by atoms with Crippen molar-refractivity contribution in [2.45, 2.75) is 6.04 Å². The van der Waals surface area contributed by atoms with Crippen LogP contribution in [0.25, 0.3) is 0 Å². The molecule has 2 amide bonds. The number of amides is 2. The molecule has 0 unspecified atom stereocenters. The Kier molecular flexibility index (Phi) is 5.29. The Morgan fingerprint density at radius 1 is 0.750 bits per heavy atom. The lowest BCUT2D eigenvalue weighted by molar-refractivity contribution is 0.250. The van der Waals surface area contributed by atoms with Gasteiger partial charge < -0.3 is 10.6 Å². The van der Waals surface area contributed by atoms with Crippen molar-refractivity contribution < 1.29 is 4.79 Å². The highest BCUT2D eigenvalue weighted by Gasteiger charge is 2.16. The van der Waals surface area contributed by atoms with Crippen LogP contribution in [0, 0.1) is 0 Å². The number of halogens is 1. The van der Waals surface area contributed by atoms with Gasteiger partial charge in [0, 0.05) is 4.47 Å². The molecule has 3 rings (SSSR count). The number of hydrogen-bond donors (Lipinski definition) is 2. The van der Waals surface area contributed by atoms with Gasteiger partial charge in [-0.25, -0.2) is 4.79 Å². The number of anilines is 1. The summed E-state index contributed by atoms with van der Waals surface area (Å²) in [6, 6.07) is 26.9. The Morgan fingerprint density at radius 3 is 1.79 bits per heavy atom. The normalized spacial score (nSPS) is 10.4. The Hall–Kier alpha value is -2.59. The van der Waals surface area contributed by atoms with Crippen molar-refractivity contribution in [1.82, 2.24) is 5.32 Å². The molecule has 3 aromatic carbocycles. The van der Waals surface area contributed by atoms with E-state index >= 15 is 0 Å². The molecule has 4 heteroatoms. The highest BCUT2D eigenvalue weighted by Crippen LogP contribution is 2.24. The highest BCUT2D eigenvalue weighted by molar-refractivity contribution is 9.10. The minimum Gasteiger partial charge on any atom is -0.327 e. The second-order valence-corrected chi connectivity index (χ2v) is 6.19. The average molecular weight is 381 g/mol. The fraction of sp³-hybridized carbons (Fsp3) is 0.0500. The summed E-state index contributed by atoms with van der Waals surface area (Å²) in [7, 11) is 0. The van der Waals surface area contributed by atoms with Crippen LogP contribution < -0.4 is 10.6 Å². The fourth-order valence-corrected chi connectivity index (χ4v) is 2.89. The number of hydrogen-bond acceptors (Lipinski definition) is 1. The van der Waals surface area contributed by atoms with Crippen molar-refractivity contribution in [2.24, 2.45) is 0 Å². The predicted octanol–water partition coefficient (Wildman–Crippen LogP) is 5.36. The van der Waals surface area contributed by atoms with E-state index in [2.05, 4.69) is 26.6 Å². The number of nitrogens with one attached hydrogen (secondary N) is 2. The molecular formula is C20H17BrN2O. The smallest absolute Gasteiger partial charge is 0.320 e. The minimum absolute atomic E-state index is 0.213. The van der Waals surface area contributed by atoms with Gasteiger partial charge in [-0.15, -0.1) is 0 Å². The number of rotatable bonds is 4. The van der Waals surface area contributed by atoms with Crippen LogP contribution in [0.4, 0.5) is 10.5 Å². The van der Waals surface area contributed by atoms with Gasteiger partial charge in [-0.05, 0) is 39.2 Å². The standard InChI is InChI=1S/C20H17BrN2O/c21-17-13-7-8-14-18(17)22-20(24)23-19(15-9-3-1-4-10-15)16-11-5-2-6-12-16/h1-14,19H,(H2,22,23,24). The topological polar surface area (TPSA) is 41.1 Å². The van der Waals surface area contributed by atoms with Crippen molar-refractivity contribution in [3.63, 3.8) is 0 Å². The maximum Gasteiger partial charge on any atom is 0.320 e. The molecule has 0 aliphatic heterocycles. The summed E-state index contributed by atoms with van der Waals surface area (Å²) >= 11 is 3.44. The van der Waals surface area contributed by atoms with E-state index in [1.165, 1.54) is 0 Å². The Balaban J connectivity index is 1.82. The molecule has 0 saturated carbocycles. The van der Waals surface area contributed by atoms with E-state index < -0.39 is 0 Å². The molecule has 0 radical (unpaired) electrons. The molecule has 0 bridgehead atoms. The SMILES string of the molecule is O=C(Nc1ccccc1Br)NC(c1ccccc1)c1ccccc1. The molecule has 0 saturated heterocycles. The lowest BCUT2D eigenvalue weighted by Gasteiger charge is -2.20. The summed E-state index contributed by atoms with van der Waals surface area (Å²) in [4.78, 5) is 12.5. The maximum absolute atomic E-state index is 12.5. The Bertz CT molecular complexity index is 767. The van der Waals surface area contributed by atoms with E-state index in [4.69, 9.17) is 0 Å². The van der Waals surface area contributed by atoms with Crippen molar-refractivity contribution in [2.75, 3.05) is 5.32 Å². The van der Waals surface area contributed by atoms with Crippen molar-refractivity contribution in [3.8, 4) is 0 Å². The fourth-order valence-electron chi connectivity index (χ4n) is 2.50. The first-order valence-corrected chi connectivity index (χ1v) is 8.45. The molecule has 0 fully saturated rings. The molecule has 24 heavy (non-hydrogen) atoms. The van der Waals surface area contributed by atoms with E-state index in [1.54, 1.807) is 0 Å². The number of para-hydroxylation sites is 1. The molecule has 0 atom stereocenters. The van der Waals surface area contributed by atoms with E-state index in [0.717, 1.165) is 21.3 Å². The lowest BCUT2D eigenvalue weighted by atomic mass is 9.99. The van der Waals surface area contributed by atoms with Crippen LogP contribution in [0.15, 0.2) is 89.4 Å². The summed E-state index contributed by atoms with van der Waals surface area (Å²) in [6.07, 6.45) is 0. The molecule has 120 valence electrons. The third kappa shape index (κ3) is 4.03. The van der Waals surface area contributed by atoms with Gasteiger partial charge in [-0.2, -0.15) is 0 Å². The maximum atomic E-state index is 12.5. The van der Waals surface area contributed by atoms with Crippen molar-refractivity contribution in [1.29, 1.82) is 0 Å². The molecule has 0 aliphatic carbocycles. The van der Waals surface area contributed by atoms with Crippen LogP contribution in [0.2, 0.25) is 0 Å². The van der Waals surface area contributed by atoms with Crippen molar-refractivity contribution >= 4 is 27.6 Å². The molecule has 2 N–H and O–H groups in total. The second-order valence-electron chi connectivity index (χ2n) is 5.33. The van der Waals surface area contributed by atoms with Crippen LogP contribution in [-0.4, -0.2) is 6.03 Å². The monoisotopic (exact) mass is 380 g/mol. The lowest BCUT2D eigenvalue weighted by Crippen LogP contribution is -2.33. The first-order valence-electron chi connectivity index (χ1n) is 7.66. The average Bonchev–Trinajstić information content (AvgIpc) is 2.63. The van der Waals surface area contributed by atoms with Gasteiger partial charge in [-0.1, -0.05) is 72.8 Å². The first kappa shape index (κ1) is 16.3. The van der Waals surface area contributed by atoms with Crippen molar-refractivity contribution in [3.05, 3.63) is 101 Å². The molecule has 3 aromatic rings. The molecule has 0 aromatic heterocycles. The summed E-state index contributed by atoms with van der Waals surface area (Å²) in [5.74, 6) is 0. The quantitative estimate of drug-likeness (QED) is 0.628. The first-order chi connectivity index (χ1) is 11.7. The van der Waals surface area contributed by atoms with Crippen LogP contribution in [0.1, 0.15) is 17.2 Å². The molecule has 0 heterocycles. The number of carbonyl (C=O) groups is 1. The zero-order valence-corrected chi connectivity index (χ0v) is 14.5. The zero-order chi connectivity index (χ0) is 16.8. The number of urea groups is 1. The minimum atomic E-state index is -0.250. The third-order valence-corrected chi connectivity index (χ3v) is 4.35. The van der Waals surface area contributed by atoms with Gasteiger partial charge in [0.1, 0.15) is 0 Å². The van der Waals surface area contributed by atoms with Crippen LogP contribution >= 0.6 is 15.9 Å². The van der Waals surface area contributed by atoms with Crippen LogP contribution in [0.3, 0.4) is 0 Å².